The molecule has 1 aliphatic rings. The minimum absolute atomic E-state index is 0.318. The topological polar surface area (TPSA) is 67.8 Å². The van der Waals surface area contributed by atoms with Gasteiger partial charge in [0, 0.05) is 0 Å². The molecule has 0 heterocycles. The summed E-state index contributed by atoms with van der Waals surface area (Å²) in [5.74, 6) is 0. The molecule has 5 heteroatoms. The van der Waals surface area contributed by atoms with Crippen LogP contribution in [0.4, 0.5) is 4.79 Å². The van der Waals surface area contributed by atoms with E-state index in [-0.39, 0.29) is 6.10 Å². The number of rotatable bonds is 2. The fourth-order valence-corrected chi connectivity index (χ4v) is 1.64. The van der Waals surface area contributed by atoms with E-state index in [4.69, 9.17) is 9.57 Å². The lowest BCUT2D eigenvalue weighted by Gasteiger charge is -2.27. The van der Waals surface area contributed by atoms with E-state index in [2.05, 4.69) is 5.48 Å². The van der Waals surface area contributed by atoms with Gasteiger partial charge < -0.3 is 9.84 Å². The van der Waals surface area contributed by atoms with Crippen molar-refractivity contribution >= 4 is 6.09 Å². The Kier molecular flexibility index (Phi) is 4.56. The van der Waals surface area contributed by atoms with Crippen LogP contribution in [-0.4, -0.2) is 29.0 Å². The molecule has 0 aromatic carbocycles. The van der Waals surface area contributed by atoms with Crippen LogP contribution in [0.5, 0.6) is 0 Å². The Labute approximate surface area is 96.1 Å². The molecule has 1 aliphatic carbocycles. The highest BCUT2D eigenvalue weighted by Gasteiger charge is 2.25. The third-order valence-electron chi connectivity index (χ3n) is 2.36. The second kappa shape index (κ2) is 5.50. The number of carbonyl (C=O) groups excluding carboxylic acids is 1. The minimum atomic E-state index is -0.620. The van der Waals surface area contributed by atoms with Crippen molar-refractivity contribution in [2.45, 2.75) is 64.3 Å². The van der Waals surface area contributed by atoms with Gasteiger partial charge in [0.1, 0.15) is 11.7 Å². The van der Waals surface area contributed by atoms with Gasteiger partial charge in [-0.15, -0.1) is 0 Å². The summed E-state index contributed by atoms with van der Waals surface area (Å²) in [6, 6.07) is 0. The van der Waals surface area contributed by atoms with Crippen LogP contribution in [0.25, 0.3) is 0 Å². The maximum absolute atomic E-state index is 11.3. The first kappa shape index (κ1) is 13.3. The Bertz CT molecular complexity index is 237. The van der Waals surface area contributed by atoms with E-state index in [0.29, 0.717) is 0 Å². The van der Waals surface area contributed by atoms with E-state index < -0.39 is 17.8 Å². The molecule has 1 saturated carbocycles. The average Bonchev–Trinajstić information content (AvgIpc) is 2.14. The van der Waals surface area contributed by atoms with Crippen LogP contribution in [0.15, 0.2) is 0 Å². The second-order valence-electron chi connectivity index (χ2n) is 5.11. The fraction of sp³-hybridized carbons (Fsp3) is 0.909. The number of carbonyl (C=O) groups is 1. The zero-order valence-corrected chi connectivity index (χ0v) is 10.2. The summed E-state index contributed by atoms with van der Waals surface area (Å²) in [5, 5.41) is 9.60. The molecular weight excluding hydrogens is 210 g/mol. The van der Waals surface area contributed by atoms with E-state index in [9.17, 15) is 9.90 Å². The third-order valence-corrected chi connectivity index (χ3v) is 2.36. The van der Waals surface area contributed by atoms with Crippen molar-refractivity contribution in [3.63, 3.8) is 0 Å². The van der Waals surface area contributed by atoms with E-state index in [1.165, 1.54) is 0 Å². The third kappa shape index (κ3) is 4.81. The van der Waals surface area contributed by atoms with Crippen LogP contribution in [-0.2, 0) is 9.57 Å². The summed E-state index contributed by atoms with van der Waals surface area (Å²) in [6.07, 6.45) is 2.07. The number of aliphatic hydroxyl groups is 1. The number of aliphatic hydroxyl groups excluding tert-OH is 1. The molecule has 2 unspecified atom stereocenters. The SMILES string of the molecule is CC(C)(C)OC(=O)NOC1CCCCC1O. The van der Waals surface area contributed by atoms with E-state index in [1.807, 2.05) is 0 Å². The summed E-state index contributed by atoms with van der Waals surface area (Å²) >= 11 is 0. The molecule has 2 atom stereocenters. The molecule has 0 saturated heterocycles. The number of amides is 1. The Morgan fingerprint density at radius 1 is 1.31 bits per heavy atom. The Morgan fingerprint density at radius 3 is 2.50 bits per heavy atom. The van der Waals surface area contributed by atoms with Crippen molar-refractivity contribution in [1.29, 1.82) is 0 Å². The maximum Gasteiger partial charge on any atom is 0.431 e. The molecule has 1 fully saturated rings. The first-order valence-corrected chi connectivity index (χ1v) is 5.71. The van der Waals surface area contributed by atoms with E-state index in [1.54, 1.807) is 20.8 Å². The van der Waals surface area contributed by atoms with Crippen molar-refractivity contribution in [3.8, 4) is 0 Å². The summed E-state index contributed by atoms with van der Waals surface area (Å²) < 4.78 is 5.01. The predicted molar refractivity (Wildman–Crippen MR) is 58.7 cm³/mol. The van der Waals surface area contributed by atoms with Gasteiger partial charge in [0.2, 0.25) is 0 Å². The van der Waals surface area contributed by atoms with Gasteiger partial charge in [0.15, 0.2) is 0 Å². The van der Waals surface area contributed by atoms with Crippen LogP contribution >= 0.6 is 0 Å². The Hall–Kier alpha value is -0.810. The lowest BCUT2D eigenvalue weighted by Crippen LogP contribution is -2.40. The van der Waals surface area contributed by atoms with Gasteiger partial charge in [-0.2, -0.15) is 5.48 Å². The molecule has 94 valence electrons. The van der Waals surface area contributed by atoms with E-state index >= 15 is 0 Å². The average molecular weight is 231 g/mol. The first-order valence-electron chi connectivity index (χ1n) is 5.71. The molecule has 0 bridgehead atoms. The summed E-state index contributed by atoms with van der Waals surface area (Å²) in [7, 11) is 0. The number of hydrogen-bond acceptors (Lipinski definition) is 4. The standard InChI is InChI=1S/C11H21NO4/c1-11(2,3)15-10(14)12-16-9-7-5-4-6-8(9)13/h8-9,13H,4-7H2,1-3H3,(H,12,14). The van der Waals surface area contributed by atoms with Gasteiger partial charge in [0.25, 0.3) is 0 Å². The number of ether oxygens (including phenoxy) is 1. The van der Waals surface area contributed by atoms with Crippen molar-refractivity contribution in [1.82, 2.24) is 5.48 Å². The zero-order chi connectivity index (χ0) is 12.2. The van der Waals surface area contributed by atoms with E-state index in [0.717, 1.165) is 25.7 Å². The van der Waals surface area contributed by atoms with Crippen molar-refractivity contribution < 1.29 is 19.5 Å². The molecule has 0 aromatic rings. The van der Waals surface area contributed by atoms with Crippen LogP contribution in [0.2, 0.25) is 0 Å². The fourth-order valence-electron chi connectivity index (χ4n) is 1.64. The van der Waals surface area contributed by atoms with Gasteiger partial charge in [-0.1, -0.05) is 12.8 Å². The maximum atomic E-state index is 11.3. The van der Waals surface area contributed by atoms with Crippen molar-refractivity contribution in [3.05, 3.63) is 0 Å². The molecule has 2 N–H and O–H groups in total. The lowest BCUT2D eigenvalue weighted by molar-refractivity contribution is -0.103. The van der Waals surface area contributed by atoms with Crippen molar-refractivity contribution in [2.24, 2.45) is 0 Å². The quantitative estimate of drug-likeness (QED) is 0.710. The zero-order valence-electron chi connectivity index (χ0n) is 10.2. The molecular formula is C11H21NO4. The number of hydrogen-bond donors (Lipinski definition) is 2. The highest BCUT2D eigenvalue weighted by molar-refractivity contribution is 5.66. The lowest BCUT2D eigenvalue weighted by atomic mass is 9.95. The van der Waals surface area contributed by atoms with Crippen molar-refractivity contribution in [2.75, 3.05) is 0 Å². The van der Waals surface area contributed by atoms with Crippen LogP contribution in [0.1, 0.15) is 46.5 Å². The van der Waals surface area contributed by atoms with Crippen LogP contribution in [0, 0.1) is 0 Å². The molecule has 0 aromatic heterocycles. The van der Waals surface area contributed by atoms with Gasteiger partial charge in [-0.3, -0.25) is 4.84 Å². The number of hydroxylamine groups is 1. The summed E-state index contributed by atoms with van der Waals surface area (Å²) in [5.41, 5.74) is 1.68. The minimum Gasteiger partial charge on any atom is -0.442 e. The predicted octanol–water partition coefficient (Wildman–Crippen LogP) is 1.75. The van der Waals surface area contributed by atoms with Gasteiger partial charge in [-0.25, -0.2) is 4.79 Å². The largest absolute Gasteiger partial charge is 0.442 e. The normalized spacial score (nSPS) is 26.2. The molecule has 16 heavy (non-hydrogen) atoms. The van der Waals surface area contributed by atoms with Crippen LogP contribution < -0.4 is 5.48 Å². The molecule has 1 amide bonds. The molecule has 0 aliphatic heterocycles. The summed E-state index contributed by atoms with van der Waals surface area (Å²) in [6.45, 7) is 5.34. The van der Waals surface area contributed by atoms with Gasteiger partial charge >= 0.3 is 6.09 Å². The smallest absolute Gasteiger partial charge is 0.431 e. The summed E-state index contributed by atoms with van der Waals surface area (Å²) in [4.78, 5) is 16.4. The molecule has 0 spiro atoms. The highest BCUT2D eigenvalue weighted by Crippen LogP contribution is 2.20. The Morgan fingerprint density at radius 2 is 1.94 bits per heavy atom. The van der Waals surface area contributed by atoms with Crippen LogP contribution in [0.3, 0.4) is 0 Å². The first-order chi connectivity index (χ1) is 7.38. The molecule has 1 rings (SSSR count). The Balaban J connectivity index is 2.25. The number of nitrogens with one attached hydrogen (secondary N) is 1. The monoisotopic (exact) mass is 231 g/mol. The molecule has 0 radical (unpaired) electrons. The molecule has 5 nitrogen and oxygen atoms in total. The second-order valence-corrected chi connectivity index (χ2v) is 5.11. The highest BCUT2D eigenvalue weighted by atomic mass is 16.7. The van der Waals surface area contributed by atoms with Gasteiger partial charge in [0.05, 0.1) is 6.10 Å². The van der Waals surface area contributed by atoms with Gasteiger partial charge in [-0.05, 0) is 33.6 Å².